The molecule has 2 aromatic rings. The van der Waals surface area contributed by atoms with E-state index < -0.39 is 17.9 Å². The monoisotopic (exact) mass is 387 g/mol. The minimum absolute atomic E-state index is 0.129. The molecule has 1 aliphatic rings. The van der Waals surface area contributed by atoms with E-state index in [1.54, 1.807) is 11.0 Å². The number of nitrogens with zero attached hydrogens (tertiary/aromatic N) is 1. The molecule has 142 valence electrons. The highest BCUT2D eigenvalue weighted by Crippen LogP contribution is 2.40. The number of benzene rings is 1. The smallest absolute Gasteiger partial charge is 0.348 e. The summed E-state index contributed by atoms with van der Waals surface area (Å²) in [4.78, 5) is 37.9. The number of anilines is 1. The van der Waals surface area contributed by atoms with Gasteiger partial charge in [-0.2, -0.15) is 0 Å². The van der Waals surface area contributed by atoms with E-state index in [2.05, 4.69) is 0 Å². The van der Waals surface area contributed by atoms with E-state index in [4.69, 9.17) is 0 Å². The standard InChI is InChI=1S/C20H21NO5S/c1-12(22)21(15-9-7-14(8-10-15)19(23)24)16-11-17(27-18(16)20(25)26)13-5-3-2-4-6-13/h2-6,11,14-15H,7-10H2,1H3,(H,23,24)(H,25,26)/t14-,15-. The largest absolute Gasteiger partial charge is 0.481 e. The lowest BCUT2D eigenvalue weighted by Crippen LogP contribution is -2.42. The third-order valence-electron chi connectivity index (χ3n) is 4.97. The molecule has 3 rings (SSSR count). The minimum Gasteiger partial charge on any atom is -0.481 e. The predicted octanol–water partition coefficient (Wildman–Crippen LogP) is 4.11. The molecular formula is C20H21NO5S. The molecule has 0 bridgehead atoms. The van der Waals surface area contributed by atoms with Gasteiger partial charge in [-0.1, -0.05) is 30.3 Å². The quantitative estimate of drug-likeness (QED) is 0.805. The fraction of sp³-hybridized carbons (Fsp3) is 0.350. The highest BCUT2D eigenvalue weighted by Gasteiger charge is 2.34. The molecule has 0 atom stereocenters. The Morgan fingerprint density at radius 3 is 2.19 bits per heavy atom. The summed E-state index contributed by atoms with van der Waals surface area (Å²) < 4.78 is 0. The Hall–Kier alpha value is -2.67. The van der Waals surface area contributed by atoms with E-state index in [1.165, 1.54) is 6.92 Å². The molecule has 0 spiro atoms. The van der Waals surface area contributed by atoms with Gasteiger partial charge in [0.25, 0.3) is 0 Å². The summed E-state index contributed by atoms with van der Waals surface area (Å²) in [5.74, 6) is -2.50. The van der Waals surface area contributed by atoms with Crippen LogP contribution in [0.2, 0.25) is 0 Å². The van der Waals surface area contributed by atoms with E-state index in [1.807, 2.05) is 30.3 Å². The van der Waals surface area contributed by atoms with Crippen LogP contribution in [0.15, 0.2) is 36.4 Å². The van der Waals surface area contributed by atoms with Crippen LogP contribution in [0.25, 0.3) is 10.4 Å². The second-order valence-corrected chi connectivity index (χ2v) is 7.78. The molecule has 1 aromatic carbocycles. The van der Waals surface area contributed by atoms with Crippen LogP contribution in [0.4, 0.5) is 5.69 Å². The van der Waals surface area contributed by atoms with Gasteiger partial charge in [0, 0.05) is 17.8 Å². The van der Waals surface area contributed by atoms with E-state index >= 15 is 0 Å². The maximum atomic E-state index is 12.4. The van der Waals surface area contributed by atoms with Crippen molar-refractivity contribution >= 4 is 34.9 Å². The number of aliphatic carboxylic acids is 1. The van der Waals surface area contributed by atoms with E-state index in [-0.39, 0.29) is 16.8 Å². The van der Waals surface area contributed by atoms with Gasteiger partial charge in [-0.05, 0) is 37.3 Å². The Morgan fingerprint density at radius 1 is 1.04 bits per heavy atom. The highest BCUT2D eigenvalue weighted by molar-refractivity contribution is 7.18. The first-order chi connectivity index (χ1) is 12.9. The van der Waals surface area contributed by atoms with Crippen LogP contribution in [0.3, 0.4) is 0 Å². The minimum atomic E-state index is -1.07. The molecule has 1 saturated carbocycles. The van der Waals surface area contributed by atoms with E-state index in [9.17, 15) is 24.6 Å². The second-order valence-electron chi connectivity index (χ2n) is 6.73. The molecule has 2 N–H and O–H groups in total. The van der Waals surface area contributed by atoms with E-state index in [0.717, 1.165) is 21.8 Å². The zero-order valence-corrected chi connectivity index (χ0v) is 15.7. The molecule has 1 amide bonds. The molecule has 27 heavy (non-hydrogen) atoms. The fourth-order valence-electron chi connectivity index (χ4n) is 3.66. The van der Waals surface area contributed by atoms with Crippen LogP contribution in [-0.2, 0) is 9.59 Å². The molecular weight excluding hydrogens is 366 g/mol. The van der Waals surface area contributed by atoms with Gasteiger partial charge in [0.1, 0.15) is 4.88 Å². The Balaban J connectivity index is 1.96. The molecule has 0 radical (unpaired) electrons. The zero-order chi connectivity index (χ0) is 19.6. The summed E-state index contributed by atoms with van der Waals surface area (Å²) in [6.07, 6.45) is 2.07. The average molecular weight is 387 g/mol. The predicted molar refractivity (Wildman–Crippen MR) is 103 cm³/mol. The van der Waals surface area contributed by atoms with Gasteiger partial charge in [0.05, 0.1) is 11.6 Å². The Labute approximate surface area is 161 Å². The Morgan fingerprint density at radius 2 is 1.67 bits per heavy atom. The molecule has 7 heteroatoms. The molecule has 1 heterocycles. The van der Waals surface area contributed by atoms with Crippen LogP contribution in [0, 0.1) is 5.92 Å². The van der Waals surface area contributed by atoms with Crippen molar-refractivity contribution in [2.75, 3.05) is 4.90 Å². The Bertz CT molecular complexity index is 853. The van der Waals surface area contributed by atoms with Crippen molar-refractivity contribution in [3.05, 3.63) is 41.3 Å². The number of hydrogen-bond acceptors (Lipinski definition) is 4. The Kier molecular flexibility index (Phi) is 5.60. The summed E-state index contributed by atoms with van der Waals surface area (Å²) in [6.45, 7) is 1.43. The number of thiophene rings is 1. The maximum Gasteiger partial charge on any atom is 0.348 e. The number of carbonyl (C=O) groups excluding carboxylic acids is 1. The van der Waals surface area contributed by atoms with Crippen LogP contribution in [0.1, 0.15) is 42.3 Å². The fourth-order valence-corrected chi connectivity index (χ4v) is 4.66. The van der Waals surface area contributed by atoms with Gasteiger partial charge in [-0.25, -0.2) is 4.79 Å². The number of carbonyl (C=O) groups is 3. The summed E-state index contributed by atoms with van der Waals surface area (Å²) in [6, 6.07) is 11.0. The van der Waals surface area contributed by atoms with Crippen molar-refractivity contribution in [1.82, 2.24) is 0 Å². The van der Waals surface area contributed by atoms with Crippen LogP contribution in [0.5, 0.6) is 0 Å². The SMILES string of the molecule is CC(=O)N(c1cc(-c2ccccc2)sc1C(=O)O)[C@H]1CC[C@H](C(=O)O)CC1. The number of hydrogen-bond donors (Lipinski definition) is 2. The molecule has 1 aromatic heterocycles. The normalized spacial score (nSPS) is 19.4. The van der Waals surface area contributed by atoms with Crippen molar-refractivity contribution in [2.45, 2.75) is 38.6 Å². The van der Waals surface area contributed by atoms with Crippen LogP contribution < -0.4 is 4.90 Å². The van der Waals surface area contributed by atoms with Gasteiger partial charge in [-0.15, -0.1) is 11.3 Å². The number of rotatable bonds is 5. The van der Waals surface area contributed by atoms with Crippen molar-refractivity contribution in [3.8, 4) is 10.4 Å². The summed E-state index contributed by atoms with van der Waals surface area (Å²) in [5.41, 5.74) is 1.30. The molecule has 0 unspecified atom stereocenters. The number of amides is 1. The number of carboxylic acid groups (broad SMARTS) is 2. The summed E-state index contributed by atoms with van der Waals surface area (Å²) >= 11 is 1.15. The van der Waals surface area contributed by atoms with Gasteiger partial charge >= 0.3 is 11.9 Å². The van der Waals surface area contributed by atoms with Crippen molar-refractivity contribution in [1.29, 1.82) is 0 Å². The van der Waals surface area contributed by atoms with Gasteiger partial charge in [0.15, 0.2) is 0 Å². The van der Waals surface area contributed by atoms with Crippen LogP contribution in [-0.4, -0.2) is 34.1 Å². The third kappa shape index (κ3) is 4.03. The lowest BCUT2D eigenvalue weighted by atomic mass is 9.85. The molecule has 6 nitrogen and oxygen atoms in total. The van der Waals surface area contributed by atoms with Gasteiger partial charge < -0.3 is 15.1 Å². The lowest BCUT2D eigenvalue weighted by Gasteiger charge is -2.35. The van der Waals surface area contributed by atoms with Crippen molar-refractivity contribution in [2.24, 2.45) is 5.92 Å². The van der Waals surface area contributed by atoms with E-state index in [0.29, 0.717) is 31.4 Å². The number of aromatic carboxylic acids is 1. The van der Waals surface area contributed by atoms with Crippen LogP contribution >= 0.6 is 11.3 Å². The maximum absolute atomic E-state index is 12.4. The first kappa shape index (κ1) is 19.1. The third-order valence-corrected chi connectivity index (χ3v) is 6.14. The lowest BCUT2D eigenvalue weighted by molar-refractivity contribution is -0.142. The first-order valence-electron chi connectivity index (χ1n) is 8.83. The summed E-state index contributed by atoms with van der Waals surface area (Å²) in [5, 5.41) is 18.8. The van der Waals surface area contributed by atoms with Crippen molar-refractivity contribution in [3.63, 3.8) is 0 Å². The van der Waals surface area contributed by atoms with Gasteiger partial charge in [0.2, 0.25) is 5.91 Å². The zero-order valence-electron chi connectivity index (χ0n) is 14.9. The second kappa shape index (κ2) is 7.92. The first-order valence-corrected chi connectivity index (χ1v) is 9.65. The topological polar surface area (TPSA) is 94.9 Å². The molecule has 1 fully saturated rings. The molecule has 1 aliphatic carbocycles. The van der Waals surface area contributed by atoms with Crippen molar-refractivity contribution < 1.29 is 24.6 Å². The molecule has 0 aliphatic heterocycles. The average Bonchev–Trinajstić information content (AvgIpc) is 3.08. The van der Waals surface area contributed by atoms with Gasteiger partial charge in [-0.3, -0.25) is 9.59 Å². The summed E-state index contributed by atoms with van der Waals surface area (Å²) in [7, 11) is 0. The highest BCUT2D eigenvalue weighted by atomic mass is 32.1. The number of carboxylic acids is 2. The molecule has 0 saturated heterocycles.